The summed E-state index contributed by atoms with van der Waals surface area (Å²) in [6.07, 6.45) is 0. The summed E-state index contributed by atoms with van der Waals surface area (Å²) in [6, 6.07) is 37.0. The fourth-order valence-corrected chi connectivity index (χ4v) is 7.64. The van der Waals surface area contributed by atoms with E-state index in [1.807, 2.05) is 0 Å². The Morgan fingerprint density at radius 3 is 1.24 bits per heavy atom. The van der Waals surface area contributed by atoms with Crippen molar-refractivity contribution in [3.63, 3.8) is 0 Å². The van der Waals surface area contributed by atoms with Gasteiger partial charge in [-0.3, -0.25) is 4.55 Å². The molecule has 0 aliphatic carbocycles. The van der Waals surface area contributed by atoms with E-state index in [0.717, 1.165) is 24.3 Å². The second-order valence-electron chi connectivity index (χ2n) is 7.53. The number of carboxylic acids is 1. The van der Waals surface area contributed by atoms with Gasteiger partial charge in [0.15, 0.2) is 0 Å². The molecule has 0 fully saturated rings. The molecule has 4 rings (SSSR count). The van der Waals surface area contributed by atoms with Gasteiger partial charge in [0.25, 0.3) is 10.1 Å². The Kier molecular flexibility index (Phi) is 7.77. The summed E-state index contributed by atoms with van der Waals surface area (Å²) in [5, 5.41) is 12.8. The first-order chi connectivity index (χ1) is 15.7. The van der Waals surface area contributed by atoms with E-state index in [4.69, 9.17) is 9.66 Å². The standard InChI is InChI=1S/C19H19P.C7H6O5S/c1-20(17-11-5-2-6-12-17,18-13-7-3-8-14-18)19-15-9-4-10-16-19;8-7(9)5-1-3-6(4-2-5)13(10,11)12/h2-16,20H,1H3;1-4H,(H,8,9)(H,10,11,12). The molecule has 4 aromatic carbocycles. The normalized spacial score (nSPS) is 11.7. The summed E-state index contributed by atoms with van der Waals surface area (Å²) in [6.45, 7) is 2.44. The van der Waals surface area contributed by atoms with Gasteiger partial charge in [0.1, 0.15) is 0 Å². The summed E-state index contributed by atoms with van der Waals surface area (Å²) in [7, 11) is -6.12. The van der Waals surface area contributed by atoms with Crippen molar-refractivity contribution in [1.82, 2.24) is 0 Å². The maximum Gasteiger partial charge on any atom is 0.335 e. The summed E-state index contributed by atoms with van der Waals surface area (Å²) in [5.41, 5.74) is -0.0348. The Hall–Kier alpha value is -3.31. The van der Waals surface area contributed by atoms with Crippen LogP contribution in [-0.4, -0.2) is 30.7 Å². The zero-order chi connectivity index (χ0) is 23.9. The van der Waals surface area contributed by atoms with Crippen LogP contribution in [0.1, 0.15) is 10.4 Å². The van der Waals surface area contributed by atoms with Crippen LogP contribution in [0.5, 0.6) is 0 Å². The number of benzene rings is 4. The van der Waals surface area contributed by atoms with Crippen molar-refractivity contribution in [2.24, 2.45) is 0 Å². The van der Waals surface area contributed by atoms with Crippen LogP contribution >= 0.6 is 7.26 Å². The second kappa shape index (κ2) is 10.5. The zero-order valence-corrected chi connectivity index (χ0v) is 19.8. The number of hydrogen-bond acceptors (Lipinski definition) is 3. The van der Waals surface area contributed by atoms with Crippen LogP contribution in [0.4, 0.5) is 0 Å². The van der Waals surface area contributed by atoms with E-state index in [2.05, 4.69) is 97.7 Å². The molecular weight excluding hydrogens is 455 g/mol. The molecule has 4 aromatic rings. The fourth-order valence-electron chi connectivity index (χ4n) is 3.58. The van der Waals surface area contributed by atoms with Gasteiger partial charge in [-0.2, -0.15) is 8.42 Å². The van der Waals surface area contributed by atoms with Crippen LogP contribution in [0.15, 0.2) is 120 Å². The first kappa shape index (κ1) is 24.3. The third-order valence-electron chi connectivity index (χ3n) is 5.45. The first-order valence-corrected chi connectivity index (χ1v) is 14.1. The van der Waals surface area contributed by atoms with E-state index in [9.17, 15) is 13.2 Å². The van der Waals surface area contributed by atoms with Crippen molar-refractivity contribution in [2.75, 3.05) is 6.66 Å². The monoisotopic (exact) mass is 480 g/mol. The molecule has 0 heterocycles. The SMILES string of the molecule is C[PH](c1ccccc1)(c1ccccc1)c1ccccc1.O=C(O)c1ccc(S(=O)(=O)O)cc1. The third kappa shape index (κ3) is 5.93. The molecule has 0 aliphatic heterocycles. The number of hydrogen-bond donors (Lipinski definition) is 2. The molecule has 0 unspecified atom stereocenters. The van der Waals surface area contributed by atoms with E-state index in [0.29, 0.717) is 0 Å². The molecule has 0 saturated carbocycles. The maximum atomic E-state index is 10.5. The Morgan fingerprint density at radius 1 is 0.636 bits per heavy atom. The van der Waals surface area contributed by atoms with Gasteiger partial charge in [-0.1, -0.05) is 0 Å². The minimum absolute atomic E-state index is 0.0348. The molecule has 2 N–H and O–H groups in total. The average Bonchev–Trinajstić information content (AvgIpc) is 2.85. The molecule has 0 saturated heterocycles. The Labute approximate surface area is 194 Å². The van der Waals surface area contributed by atoms with Gasteiger partial charge in [0.2, 0.25) is 0 Å². The number of rotatable bonds is 5. The van der Waals surface area contributed by atoms with Gasteiger partial charge >= 0.3 is 127 Å². The second-order valence-corrected chi connectivity index (χ2v) is 12.9. The number of carbonyl (C=O) groups is 1. The molecule has 0 radical (unpaired) electrons. The molecule has 0 aliphatic rings. The van der Waals surface area contributed by atoms with E-state index in [1.54, 1.807) is 0 Å². The summed E-state index contributed by atoms with van der Waals surface area (Å²) in [4.78, 5) is 10.0. The van der Waals surface area contributed by atoms with Crippen LogP contribution in [0, 0.1) is 0 Å². The average molecular weight is 481 g/mol. The van der Waals surface area contributed by atoms with Gasteiger partial charge < -0.3 is 5.11 Å². The topological polar surface area (TPSA) is 91.7 Å². The Morgan fingerprint density at radius 2 is 0.970 bits per heavy atom. The predicted molar refractivity (Wildman–Crippen MR) is 136 cm³/mol. The maximum absolute atomic E-state index is 10.5. The zero-order valence-electron chi connectivity index (χ0n) is 18.0. The van der Waals surface area contributed by atoms with Gasteiger partial charge in [-0.25, -0.2) is 4.79 Å². The van der Waals surface area contributed by atoms with Crippen LogP contribution in [-0.2, 0) is 10.1 Å². The molecule has 33 heavy (non-hydrogen) atoms. The summed E-state index contributed by atoms with van der Waals surface area (Å²) >= 11 is 0. The van der Waals surface area contributed by atoms with E-state index >= 15 is 0 Å². The van der Waals surface area contributed by atoms with Crippen molar-refractivity contribution in [2.45, 2.75) is 4.90 Å². The number of aromatic carboxylic acids is 1. The molecular formula is C26H25O5PS. The summed E-state index contributed by atoms with van der Waals surface area (Å²) < 4.78 is 29.6. The van der Waals surface area contributed by atoms with Gasteiger partial charge in [-0.15, -0.1) is 0 Å². The van der Waals surface area contributed by atoms with Gasteiger partial charge in [0.05, 0.1) is 10.5 Å². The quantitative estimate of drug-likeness (QED) is 0.333. The molecule has 5 nitrogen and oxygen atoms in total. The Balaban J connectivity index is 0.000000205. The van der Waals surface area contributed by atoms with Crippen molar-refractivity contribution >= 4 is 39.3 Å². The van der Waals surface area contributed by atoms with Crippen LogP contribution in [0.25, 0.3) is 0 Å². The molecule has 7 heteroatoms. The molecule has 170 valence electrons. The smallest absolute Gasteiger partial charge is 0.335 e. The van der Waals surface area contributed by atoms with Crippen LogP contribution in [0.3, 0.4) is 0 Å². The van der Waals surface area contributed by atoms with Crippen LogP contribution in [0.2, 0.25) is 0 Å². The minimum atomic E-state index is -4.24. The van der Waals surface area contributed by atoms with Crippen LogP contribution < -0.4 is 15.9 Å². The number of carboxylic acid groups (broad SMARTS) is 1. The van der Waals surface area contributed by atoms with Gasteiger partial charge in [-0.05, 0) is 24.3 Å². The molecule has 0 spiro atoms. The third-order valence-corrected chi connectivity index (χ3v) is 10.8. The predicted octanol–water partition coefficient (Wildman–Crippen LogP) is 3.97. The first-order valence-electron chi connectivity index (χ1n) is 10.2. The largest absolute Gasteiger partial charge is 0.478 e. The fraction of sp³-hybridized carbons (Fsp3) is 0.0385. The molecule has 0 amide bonds. The van der Waals surface area contributed by atoms with Crippen molar-refractivity contribution < 1.29 is 22.9 Å². The van der Waals surface area contributed by atoms with E-state index in [-0.39, 0.29) is 10.5 Å². The summed E-state index contributed by atoms with van der Waals surface area (Å²) in [5.74, 6) is -1.15. The van der Waals surface area contributed by atoms with Crippen molar-refractivity contribution in [3.8, 4) is 0 Å². The van der Waals surface area contributed by atoms with Crippen molar-refractivity contribution in [1.29, 1.82) is 0 Å². The van der Waals surface area contributed by atoms with Gasteiger partial charge in [0, 0.05) is 0 Å². The Bertz CT molecular complexity index is 1190. The molecule has 0 atom stereocenters. The minimum Gasteiger partial charge on any atom is -0.478 e. The van der Waals surface area contributed by atoms with Crippen molar-refractivity contribution in [3.05, 3.63) is 121 Å². The molecule has 0 bridgehead atoms. The molecule has 0 aromatic heterocycles. The van der Waals surface area contributed by atoms with E-state index < -0.39 is 23.3 Å². The van der Waals surface area contributed by atoms with E-state index in [1.165, 1.54) is 15.9 Å².